The molecule has 12 heteroatoms. The summed E-state index contributed by atoms with van der Waals surface area (Å²) < 4.78 is 9.86. The third kappa shape index (κ3) is 4.09. The third-order valence-corrected chi connectivity index (χ3v) is 4.87. The molecule has 1 heterocycles. The van der Waals surface area contributed by atoms with E-state index >= 15 is 0 Å². The predicted octanol–water partition coefficient (Wildman–Crippen LogP) is 5.25. The van der Waals surface area contributed by atoms with Crippen molar-refractivity contribution >= 4 is 58.3 Å². The number of nitro benzene ring substituents is 1. The average Bonchev–Trinajstić information content (AvgIpc) is 3.10. The van der Waals surface area contributed by atoms with Gasteiger partial charge in [0.1, 0.15) is 5.69 Å². The van der Waals surface area contributed by atoms with E-state index in [4.69, 9.17) is 44.1 Å². The van der Waals surface area contributed by atoms with Gasteiger partial charge in [-0.1, -0.05) is 46.0 Å². The smallest absolute Gasteiger partial charge is 0.345 e. The Labute approximate surface area is 183 Å². The highest BCUT2D eigenvalue weighted by Gasteiger charge is 2.29. The van der Waals surface area contributed by atoms with Gasteiger partial charge in [-0.05, 0) is 18.2 Å². The number of benzene rings is 2. The van der Waals surface area contributed by atoms with Gasteiger partial charge in [-0.25, -0.2) is 4.79 Å². The molecular weight excluding hydrogens is 461 g/mol. The number of halogens is 3. The zero-order valence-corrected chi connectivity index (χ0v) is 17.2. The quantitative estimate of drug-likeness (QED) is 0.307. The van der Waals surface area contributed by atoms with Crippen molar-refractivity contribution in [2.45, 2.75) is 0 Å². The number of esters is 1. The maximum absolute atomic E-state index is 12.6. The Balaban J connectivity index is 2.07. The highest BCUT2D eigenvalue weighted by Crippen LogP contribution is 2.38. The van der Waals surface area contributed by atoms with E-state index in [-0.39, 0.29) is 49.0 Å². The van der Waals surface area contributed by atoms with Gasteiger partial charge in [0.05, 0.1) is 32.7 Å². The average molecular weight is 471 g/mol. The van der Waals surface area contributed by atoms with Crippen molar-refractivity contribution in [1.29, 1.82) is 0 Å². The Bertz CT molecular complexity index is 1160. The second-order valence-corrected chi connectivity index (χ2v) is 6.92. The maximum Gasteiger partial charge on any atom is 0.345 e. The summed E-state index contributed by atoms with van der Waals surface area (Å²) in [6, 6.07) is 7.98. The van der Waals surface area contributed by atoms with E-state index in [9.17, 15) is 19.7 Å². The van der Waals surface area contributed by atoms with Crippen LogP contribution in [0.15, 0.2) is 40.9 Å². The number of hydrogen-bond donors (Lipinski definition) is 1. The molecule has 0 saturated heterocycles. The number of aromatic nitrogens is 1. The molecule has 0 spiro atoms. The highest BCUT2D eigenvalue weighted by atomic mass is 35.5. The van der Waals surface area contributed by atoms with Gasteiger partial charge < -0.3 is 9.26 Å². The fraction of sp³-hybridized carbons (Fsp3) is 0.0556. The topological polar surface area (TPSA) is 125 Å². The van der Waals surface area contributed by atoms with Crippen LogP contribution in [-0.2, 0) is 4.74 Å². The Kier molecular flexibility index (Phi) is 6.25. The molecule has 2 aromatic carbocycles. The molecule has 9 nitrogen and oxygen atoms in total. The molecule has 0 aliphatic carbocycles. The van der Waals surface area contributed by atoms with Crippen LogP contribution in [0, 0.1) is 10.1 Å². The molecule has 3 aromatic rings. The summed E-state index contributed by atoms with van der Waals surface area (Å²) in [7, 11) is 1.12. The van der Waals surface area contributed by atoms with Crippen molar-refractivity contribution in [3.63, 3.8) is 0 Å². The van der Waals surface area contributed by atoms with E-state index in [0.717, 1.165) is 19.2 Å². The third-order valence-electron chi connectivity index (χ3n) is 3.91. The standard InChI is InChI=1S/C18H10Cl3N3O6/c1-29-18(26)14-15(13-11(20)3-2-4-12(13)21)23-30-17(14)22-16(25)9-7-8(24(27)28)5-6-10(9)19/h2-7H,1H3,(H,22,25). The van der Waals surface area contributed by atoms with Crippen LogP contribution in [0.2, 0.25) is 15.1 Å². The van der Waals surface area contributed by atoms with Crippen molar-refractivity contribution in [3.05, 3.63) is 72.7 Å². The van der Waals surface area contributed by atoms with Gasteiger partial charge in [0.2, 0.25) is 5.88 Å². The van der Waals surface area contributed by atoms with Crippen molar-refractivity contribution < 1.29 is 23.8 Å². The number of nitro groups is 1. The first-order chi connectivity index (χ1) is 14.2. The fourth-order valence-corrected chi connectivity index (χ4v) is 3.31. The molecular formula is C18H10Cl3N3O6. The number of amides is 1. The summed E-state index contributed by atoms with van der Waals surface area (Å²) in [5.41, 5.74) is -0.673. The minimum atomic E-state index is -0.886. The number of carbonyl (C=O) groups is 2. The second-order valence-electron chi connectivity index (χ2n) is 5.70. The molecule has 1 N–H and O–H groups in total. The van der Waals surface area contributed by atoms with Gasteiger partial charge >= 0.3 is 5.97 Å². The summed E-state index contributed by atoms with van der Waals surface area (Å²) in [5, 5.41) is 17.4. The fourth-order valence-electron chi connectivity index (χ4n) is 2.53. The van der Waals surface area contributed by atoms with Gasteiger partial charge in [0.25, 0.3) is 11.6 Å². The summed E-state index contributed by atoms with van der Waals surface area (Å²) in [6.45, 7) is 0. The summed E-state index contributed by atoms with van der Waals surface area (Å²) in [5.74, 6) is -2.13. The van der Waals surface area contributed by atoms with Crippen LogP contribution in [0.25, 0.3) is 11.3 Å². The molecule has 154 valence electrons. The lowest BCUT2D eigenvalue weighted by molar-refractivity contribution is -0.384. The van der Waals surface area contributed by atoms with Crippen LogP contribution >= 0.6 is 34.8 Å². The number of non-ortho nitro benzene ring substituents is 1. The molecule has 0 radical (unpaired) electrons. The van der Waals surface area contributed by atoms with E-state index in [1.54, 1.807) is 6.07 Å². The number of carbonyl (C=O) groups excluding carboxylic acids is 2. The first kappa shape index (κ1) is 21.6. The van der Waals surface area contributed by atoms with Crippen molar-refractivity contribution in [1.82, 2.24) is 5.16 Å². The number of hydrogen-bond acceptors (Lipinski definition) is 7. The van der Waals surface area contributed by atoms with Crippen LogP contribution in [0.3, 0.4) is 0 Å². The number of ether oxygens (including phenoxy) is 1. The lowest BCUT2D eigenvalue weighted by atomic mass is 10.1. The minimum absolute atomic E-state index is 0.0494. The molecule has 0 fully saturated rings. The summed E-state index contributed by atoms with van der Waals surface area (Å²) in [6.07, 6.45) is 0. The molecule has 0 aliphatic rings. The molecule has 0 unspecified atom stereocenters. The zero-order chi connectivity index (χ0) is 22.0. The molecule has 0 aliphatic heterocycles. The first-order valence-electron chi connectivity index (χ1n) is 8.02. The van der Waals surface area contributed by atoms with E-state index in [2.05, 4.69) is 10.5 Å². The Morgan fingerprint density at radius 1 is 1.13 bits per heavy atom. The molecule has 0 bridgehead atoms. The molecule has 0 saturated carbocycles. The molecule has 0 atom stereocenters. The molecule has 30 heavy (non-hydrogen) atoms. The van der Waals surface area contributed by atoms with E-state index in [0.29, 0.717) is 0 Å². The summed E-state index contributed by atoms with van der Waals surface area (Å²) >= 11 is 18.3. The van der Waals surface area contributed by atoms with Gasteiger partial charge in [-0.3, -0.25) is 20.2 Å². The largest absolute Gasteiger partial charge is 0.465 e. The number of nitrogens with one attached hydrogen (secondary N) is 1. The van der Waals surface area contributed by atoms with E-state index in [1.165, 1.54) is 18.2 Å². The molecule has 1 aromatic heterocycles. The lowest BCUT2D eigenvalue weighted by Crippen LogP contribution is -2.15. The van der Waals surface area contributed by atoms with Crippen LogP contribution < -0.4 is 5.32 Å². The van der Waals surface area contributed by atoms with E-state index < -0.39 is 16.8 Å². The second kappa shape index (κ2) is 8.70. The Morgan fingerprint density at radius 2 is 1.80 bits per heavy atom. The van der Waals surface area contributed by atoms with Crippen LogP contribution in [0.1, 0.15) is 20.7 Å². The first-order valence-corrected chi connectivity index (χ1v) is 9.15. The maximum atomic E-state index is 12.6. The number of rotatable bonds is 5. The predicted molar refractivity (Wildman–Crippen MR) is 109 cm³/mol. The highest BCUT2D eigenvalue weighted by molar-refractivity contribution is 6.39. The Morgan fingerprint density at radius 3 is 2.40 bits per heavy atom. The van der Waals surface area contributed by atoms with Crippen molar-refractivity contribution in [3.8, 4) is 11.3 Å². The molecule has 1 amide bonds. The SMILES string of the molecule is COC(=O)c1c(-c2c(Cl)cccc2Cl)noc1NC(=O)c1cc([N+](=O)[O-])ccc1Cl. The number of methoxy groups -OCH3 is 1. The minimum Gasteiger partial charge on any atom is -0.465 e. The van der Waals surface area contributed by atoms with E-state index in [1.807, 2.05) is 0 Å². The van der Waals surface area contributed by atoms with Gasteiger partial charge in [-0.2, -0.15) is 0 Å². The normalized spacial score (nSPS) is 10.5. The van der Waals surface area contributed by atoms with Gasteiger partial charge in [0.15, 0.2) is 5.56 Å². The Hall–Kier alpha value is -3.14. The lowest BCUT2D eigenvalue weighted by Gasteiger charge is -2.07. The zero-order valence-electron chi connectivity index (χ0n) is 14.9. The monoisotopic (exact) mass is 469 g/mol. The number of nitrogens with zero attached hydrogens (tertiary/aromatic N) is 2. The number of anilines is 1. The summed E-state index contributed by atoms with van der Waals surface area (Å²) in [4.78, 5) is 35.3. The van der Waals surface area contributed by atoms with Crippen LogP contribution in [-0.4, -0.2) is 29.1 Å². The van der Waals surface area contributed by atoms with Crippen molar-refractivity contribution in [2.75, 3.05) is 12.4 Å². The van der Waals surface area contributed by atoms with Crippen LogP contribution in [0.5, 0.6) is 0 Å². The van der Waals surface area contributed by atoms with Crippen molar-refractivity contribution in [2.24, 2.45) is 0 Å². The van der Waals surface area contributed by atoms with Gasteiger partial charge in [-0.15, -0.1) is 0 Å². The molecule has 3 rings (SSSR count). The van der Waals surface area contributed by atoms with Gasteiger partial charge in [0, 0.05) is 17.7 Å². The van der Waals surface area contributed by atoms with Crippen LogP contribution in [0.4, 0.5) is 11.6 Å².